The van der Waals surface area contributed by atoms with Crippen LogP contribution in [0.15, 0.2) is 42.5 Å². The van der Waals surface area contributed by atoms with Gasteiger partial charge in [0.2, 0.25) is 0 Å². The maximum Gasteiger partial charge on any atom is 0.138 e. The molecule has 19 heavy (non-hydrogen) atoms. The molecule has 0 fully saturated rings. The van der Waals surface area contributed by atoms with Gasteiger partial charge in [0.25, 0.3) is 0 Å². The van der Waals surface area contributed by atoms with Crippen molar-refractivity contribution < 1.29 is 13.9 Å². The van der Waals surface area contributed by atoms with Crippen molar-refractivity contribution in [1.82, 2.24) is 0 Å². The number of nitrogens with two attached hydrogens (primary N) is 1. The summed E-state index contributed by atoms with van der Waals surface area (Å²) < 4.78 is 23.6. The highest BCUT2D eigenvalue weighted by Gasteiger charge is 2.04. The zero-order valence-electron chi connectivity index (χ0n) is 10.1. The van der Waals surface area contributed by atoms with Gasteiger partial charge in [-0.3, -0.25) is 0 Å². The fourth-order valence-electron chi connectivity index (χ4n) is 1.47. The van der Waals surface area contributed by atoms with Crippen molar-refractivity contribution in [2.45, 2.75) is 0 Å². The van der Waals surface area contributed by atoms with Gasteiger partial charge in [0.15, 0.2) is 0 Å². The van der Waals surface area contributed by atoms with Crippen molar-refractivity contribution >= 4 is 11.6 Å². The highest BCUT2D eigenvalue weighted by atomic mass is 35.5. The first-order valence-electron chi connectivity index (χ1n) is 5.75. The minimum Gasteiger partial charge on any atom is -0.491 e. The molecule has 0 saturated carbocycles. The van der Waals surface area contributed by atoms with Gasteiger partial charge >= 0.3 is 0 Å². The van der Waals surface area contributed by atoms with E-state index < -0.39 is 0 Å². The van der Waals surface area contributed by atoms with Crippen LogP contribution >= 0.6 is 11.6 Å². The van der Waals surface area contributed by atoms with E-state index >= 15 is 0 Å². The van der Waals surface area contributed by atoms with E-state index in [1.165, 1.54) is 12.1 Å². The molecular formula is C14H13ClFNO2. The van der Waals surface area contributed by atoms with Crippen LogP contribution in [0.4, 0.5) is 4.39 Å². The number of hydrogen-bond donors (Lipinski definition) is 1. The van der Waals surface area contributed by atoms with Crippen LogP contribution in [0, 0.1) is 5.82 Å². The molecule has 0 aliphatic heterocycles. The van der Waals surface area contributed by atoms with Crippen LogP contribution in [-0.2, 0) is 0 Å². The monoisotopic (exact) mass is 281 g/mol. The van der Waals surface area contributed by atoms with E-state index in [0.29, 0.717) is 35.4 Å². The van der Waals surface area contributed by atoms with Gasteiger partial charge in [-0.25, -0.2) is 4.39 Å². The Kier molecular flexibility index (Phi) is 4.60. The molecule has 2 aromatic rings. The van der Waals surface area contributed by atoms with Crippen molar-refractivity contribution in [2.24, 2.45) is 5.73 Å². The molecule has 0 heterocycles. The average Bonchev–Trinajstić information content (AvgIpc) is 2.41. The molecule has 0 unspecified atom stereocenters. The molecule has 0 aliphatic carbocycles. The maximum atomic E-state index is 12.8. The second kappa shape index (κ2) is 6.41. The zero-order chi connectivity index (χ0) is 13.7. The van der Waals surface area contributed by atoms with Gasteiger partial charge in [0, 0.05) is 12.6 Å². The van der Waals surface area contributed by atoms with Crippen LogP contribution in [0.5, 0.6) is 17.2 Å². The zero-order valence-corrected chi connectivity index (χ0v) is 10.9. The SMILES string of the molecule is NCCOc1ccc(Oc2ccc(F)cc2)cc1Cl. The molecule has 0 saturated heterocycles. The molecule has 0 spiro atoms. The van der Waals surface area contributed by atoms with Gasteiger partial charge in [0.05, 0.1) is 5.02 Å². The van der Waals surface area contributed by atoms with Crippen molar-refractivity contribution in [1.29, 1.82) is 0 Å². The summed E-state index contributed by atoms with van der Waals surface area (Å²) in [5.74, 6) is 1.33. The largest absolute Gasteiger partial charge is 0.491 e. The Bertz CT molecular complexity index is 546. The third-order valence-corrected chi connectivity index (χ3v) is 2.62. The molecule has 0 aromatic heterocycles. The molecule has 0 radical (unpaired) electrons. The summed E-state index contributed by atoms with van der Waals surface area (Å²) in [6.07, 6.45) is 0. The van der Waals surface area contributed by atoms with Crippen LogP contribution < -0.4 is 15.2 Å². The van der Waals surface area contributed by atoms with Crippen LogP contribution in [0.25, 0.3) is 0 Å². The van der Waals surface area contributed by atoms with E-state index in [-0.39, 0.29) is 5.82 Å². The lowest BCUT2D eigenvalue weighted by Crippen LogP contribution is -2.10. The first-order valence-corrected chi connectivity index (χ1v) is 6.12. The Labute approximate surface area is 115 Å². The van der Waals surface area contributed by atoms with Crippen LogP contribution in [0.3, 0.4) is 0 Å². The molecule has 2 rings (SSSR count). The average molecular weight is 282 g/mol. The molecule has 0 atom stereocenters. The predicted molar refractivity (Wildman–Crippen MR) is 72.5 cm³/mol. The molecule has 0 bridgehead atoms. The number of ether oxygens (including phenoxy) is 2. The quantitative estimate of drug-likeness (QED) is 0.910. The van der Waals surface area contributed by atoms with Gasteiger partial charge in [-0.2, -0.15) is 0 Å². The van der Waals surface area contributed by atoms with Crippen molar-refractivity contribution in [3.63, 3.8) is 0 Å². The number of halogens is 2. The predicted octanol–water partition coefficient (Wildman–Crippen LogP) is 3.61. The van der Waals surface area contributed by atoms with Crippen molar-refractivity contribution in [2.75, 3.05) is 13.2 Å². The highest BCUT2D eigenvalue weighted by Crippen LogP contribution is 2.31. The lowest BCUT2D eigenvalue weighted by atomic mass is 10.3. The van der Waals surface area contributed by atoms with E-state index in [0.717, 1.165) is 0 Å². The van der Waals surface area contributed by atoms with Gasteiger partial charge in [-0.05, 0) is 36.4 Å². The summed E-state index contributed by atoms with van der Waals surface area (Å²) in [5, 5.41) is 0.438. The summed E-state index contributed by atoms with van der Waals surface area (Å²) >= 11 is 6.05. The van der Waals surface area contributed by atoms with Gasteiger partial charge in [-0.15, -0.1) is 0 Å². The Morgan fingerprint density at radius 1 is 1.05 bits per heavy atom. The standard InChI is InChI=1S/C14H13ClFNO2/c15-13-9-12(5-6-14(13)18-8-7-17)19-11-3-1-10(16)2-4-11/h1-6,9H,7-8,17H2. The summed E-state index contributed by atoms with van der Waals surface area (Å²) in [7, 11) is 0. The normalized spacial score (nSPS) is 10.3. The van der Waals surface area contributed by atoms with Crippen molar-refractivity contribution in [3.8, 4) is 17.2 Å². The van der Waals surface area contributed by atoms with Crippen LogP contribution in [0.2, 0.25) is 5.02 Å². The number of rotatable bonds is 5. The Hall–Kier alpha value is -1.78. The Balaban J connectivity index is 2.09. The molecular weight excluding hydrogens is 269 g/mol. The lowest BCUT2D eigenvalue weighted by molar-refractivity contribution is 0.328. The fraction of sp³-hybridized carbons (Fsp3) is 0.143. The Morgan fingerprint density at radius 3 is 2.37 bits per heavy atom. The van der Waals surface area contributed by atoms with Gasteiger partial charge in [0.1, 0.15) is 29.7 Å². The van der Waals surface area contributed by atoms with Crippen LogP contribution in [-0.4, -0.2) is 13.2 Å². The molecule has 2 aromatic carbocycles. The Morgan fingerprint density at radius 2 is 1.74 bits per heavy atom. The lowest BCUT2D eigenvalue weighted by Gasteiger charge is -2.09. The third-order valence-electron chi connectivity index (χ3n) is 2.33. The molecule has 100 valence electrons. The van der Waals surface area contributed by atoms with Gasteiger partial charge < -0.3 is 15.2 Å². The highest BCUT2D eigenvalue weighted by molar-refractivity contribution is 6.32. The molecule has 3 nitrogen and oxygen atoms in total. The van der Waals surface area contributed by atoms with E-state index in [1.807, 2.05) is 0 Å². The number of hydrogen-bond acceptors (Lipinski definition) is 3. The first-order chi connectivity index (χ1) is 9.19. The summed E-state index contributed by atoms with van der Waals surface area (Å²) in [5.41, 5.74) is 5.35. The summed E-state index contributed by atoms with van der Waals surface area (Å²) in [4.78, 5) is 0. The van der Waals surface area contributed by atoms with E-state index in [1.54, 1.807) is 30.3 Å². The van der Waals surface area contributed by atoms with Gasteiger partial charge in [-0.1, -0.05) is 11.6 Å². The molecule has 0 amide bonds. The molecule has 5 heteroatoms. The minimum atomic E-state index is -0.309. The van der Waals surface area contributed by atoms with E-state index in [9.17, 15) is 4.39 Å². The first kappa shape index (κ1) is 13.6. The number of benzene rings is 2. The maximum absolute atomic E-state index is 12.8. The second-order valence-corrected chi connectivity index (χ2v) is 4.19. The smallest absolute Gasteiger partial charge is 0.138 e. The second-order valence-electron chi connectivity index (χ2n) is 3.79. The summed E-state index contributed by atoms with van der Waals surface area (Å²) in [6.45, 7) is 0.821. The third kappa shape index (κ3) is 3.84. The summed E-state index contributed by atoms with van der Waals surface area (Å²) in [6, 6.07) is 10.8. The van der Waals surface area contributed by atoms with Crippen LogP contribution in [0.1, 0.15) is 0 Å². The minimum absolute atomic E-state index is 0.309. The fourth-order valence-corrected chi connectivity index (χ4v) is 1.69. The molecule has 2 N–H and O–H groups in total. The van der Waals surface area contributed by atoms with E-state index in [4.69, 9.17) is 26.8 Å². The van der Waals surface area contributed by atoms with E-state index in [2.05, 4.69) is 0 Å². The molecule has 0 aliphatic rings. The van der Waals surface area contributed by atoms with Crippen molar-refractivity contribution in [3.05, 3.63) is 53.3 Å². The topological polar surface area (TPSA) is 44.5 Å².